The molecule has 9 heteroatoms. The van der Waals surface area contributed by atoms with Crippen LogP contribution in [0.2, 0.25) is 0 Å². The van der Waals surface area contributed by atoms with E-state index in [0.29, 0.717) is 12.1 Å². The Hall–Kier alpha value is -2.36. The van der Waals surface area contributed by atoms with Crippen molar-refractivity contribution in [3.63, 3.8) is 0 Å². The van der Waals surface area contributed by atoms with Crippen molar-refractivity contribution < 1.29 is 14.9 Å². The summed E-state index contributed by atoms with van der Waals surface area (Å²) in [5.74, 6) is 0.263. The Morgan fingerprint density at radius 3 is 3.05 bits per heavy atom. The number of hydrogen-bond donors (Lipinski definition) is 2. The quantitative estimate of drug-likeness (QED) is 0.629. The summed E-state index contributed by atoms with van der Waals surface area (Å²) in [7, 11) is 0. The molecular weight excluding hydrogens is 290 g/mol. The van der Waals surface area contributed by atoms with Gasteiger partial charge in [-0.2, -0.15) is 4.98 Å². The zero-order chi connectivity index (χ0) is 15.3. The zero-order valence-electron chi connectivity index (χ0n) is 11.4. The molecule has 0 spiro atoms. The molecule has 3 aromatic rings. The third-order valence-corrected chi connectivity index (χ3v) is 3.82. The van der Waals surface area contributed by atoms with E-state index in [9.17, 15) is 9.90 Å². The lowest BCUT2D eigenvalue weighted by atomic mass is 10.2. The molecule has 0 radical (unpaired) electrons. The van der Waals surface area contributed by atoms with Gasteiger partial charge in [-0.3, -0.25) is 9.36 Å². The highest BCUT2D eigenvalue weighted by Gasteiger charge is 2.35. The molecule has 0 bridgehead atoms. The van der Waals surface area contributed by atoms with Crippen molar-refractivity contribution in [2.24, 2.45) is 0 Å². The Kier molecular flexibility index (Phi) is 2.93. The molecule has 3 atom stereocenters. The molecule has 4 rings (SSSR count). The second kappa shape index (κ2) is 4.83. The van der Waals surface area contributed by atoms with Crippen LogP contribution >= 0.6 is 0 Å². The lowest BCUT2D eigenvalue weighted by Gasteiger charge is -2.13. The molecule has 1 saturated heterocycles. The van der Waals surface area contributed by atoms with Gasteiger partial charge in [0.25, 0.3) is 5.56 Å². The highest BCUT2D eigenvalue weighted by atomic mass is 16.5. The van der Waals surface area contributed by atoms with Gasteiger partial charge in [0.05, 0.1) is 19.0 Å². The van der Waals surface area contributed by atoms with Crippen LogP contribution in [0.1, 0.15) is 12.6 Å². The fraction of sp³-hybridized carbons (Fsp3) is 0.385. The van der Waals surface area contributed by atoms with E-state index < -0.39 is 18.4 Å². The first-order chi connectivity index (χ1) is 10.7. The average Bonchev–Trinajstić information content (AvgIpc) is 3.11. The van der Waals surface area contributed by atoms with Crippen LogP contribution in [0.3, 0.4) is 0 Å². The van der Waals surface area contributed by atoms with Gasteiger partial charge < -0.3 is 14.9 Å². The van der Waals surface area contributed by atoms with Crippen LogP contribution in [0.15, 0.2) is 29.6 Å². The summed E-state index contributed by atoms with van der Waals surface area (Å²) in [5, 5.41) is 19.0. The molecule has 1 fully saturated rings. The standard InChI is InChI=1S/C13H13N5O4/c19-5-8-7(20)4-9(22-8)18-6-15-10-11(18)16-13-14-2-1-3-17(13)12(10)21/h1-3,6-9,19-20H,4-5H2. The molecule has 1 aliphatic rings. The predicted molar refractivity (Wildman–Crippen MR) is 74.2 cm³/mol. The fourth-order valence-corrected chi connectivity index (χ4v) is 2.69. The highest BCUT2D eigenvalue weighted by molar-refractivity contribution is 5.71. The summed E-state index contributed by atoms with van der Waals surface area (Å²) in [5.41, 5.74) is 0.236. The van der Waals surface area contributed by atoms with Gasteiger partial charge in [-0.05, 0) is 6.07 Å². The van der Waals surface area contributed by atoms with Gasteiger partial charge in [-0.15, -0.1) is 0 Å². The van der Waals surface area contributed by atoms with Gasteiger partial charge in [-0.25, -0.2) is 14.4 Å². The summed E-state index contributed by atoms with van der Waals surface area (Å²) in [6.45, 7) is -0.273. The van der Waals surface area contributed by atoms with Crippen LogP contribution in [0.25, 0.3) is 16.9 Å². The number of imidazole rings is 1. The Balaban J connectivity index is 1.88. The number of aromatic nitrogens is 5. The first-order valence-electron chi connectivity index (χ1n) is 6.83. The molecule has 0 saturated carbocycles. The molecule has 0 aromatic carbocycles. The third-order valence-electron chi connectivity index (χ3n) is 3.82. The highest BCUT2D eigenvalue weighted by Crippen LogP contribution is 2.30. The molecule has 0 aliphatic carbocycles. The average molecular weight is 303 g/mol. The van der Waals surface area contributed by atoms with E-state index in [1.54, 1.807) is 23.0 Å². The van der Waals surface area contributed by atoms with Crippen molar-refractivity contribution in [3.8, 4) is 0 Å². The number of aliphatic hydroxyl groups is 2. The van der Waals surface area contributed by atoms with E-state index in [2.05, 4.69) is 15.0 Å². The normalized spacial score (nSPS) is 25.3. The zero-order valence-corrected chi connectivity index (χ0v) is 11.4. The molecule has 4 heterocycles. The van der Waals surface area contributed by atoms with Crippen LogP contribution in [0.5, 0.6) is 0 Å². The van der Waals surface area contributed by atoms with E-state index in [0.717, 1.165) is 0 Å². The van der Waals surface area contributed by atoms with Crippen LogP contribution < -0.4 is 5.56 Å². The first-order valence-corrected chi connectivity index (χ1v) is 6.83. The van der Waals surface area contributed by atoms with Crippen molar-refractivity contribution in [1.82, 2.24) is 23.9 Å². The maximum atomic E-state index is 12.4. The van der Waals surface area contributed by atoms with Crippen molar-refractivity contribution in [2.45, 2.75) is 24.9 Å². The number of nitrogens with zero attached hydrogens (tertiary/aromatic N) is 5. The summed E-state index contributed by atoms with van der Waals surface area (Å²) >= 11 is 0. The summed E-state index contributed by atoms with van der Waals surface area (Å²) in [4.78, 5) is 24.9. The van der Waals surface area contributed by atoms with Gasteiger partial charge in [-0.1, -0.05) is 0 Å². The van der Waals surface area contributed by atoms with Crippen molar-refractivity contribution >= 4 is 16.9 Å². The smallest absolute Gasteiger partial charge is 0.287 e. The minimum Gasteiger partial charge on any atom is -0.394 e. The van der Waals surface area contributed by atoms with Gasteiger partial charge in [0.1, 0.15) is 12.3 Å². The van der Waals surface area contributed by atoms with Gasteiger partial charge in [0.2, 0.25) is 5.78 Å². The molecule has 3 aromatic heterocycles. The summed E-state index contributed by atoms with van der Waals surface area (Å²) in [6.07, 6.45) is 2.92. The Morgan fingerprint density at radius 2 is 2.27 bits per heavy atom. The van der Waals surface area contributed by atoms with E-state index in [4.69, 9.17) is 9.84 Å². The van der Waals surface area contributed by atoms with E-state index >= 15 is 0 Å². The molecule has 1 aliphatic heterocycles. The number of fused-ring (bicyclic) bond motifs is 2. The van der Waals surface area contributed by atoms with Gasteiger partial charge in [0.15, 0.2) is 11.2 Å². The maximum absolute atomic E-state index is 12.4. The van der Waals surface area contributed by atoms with E-state index in [-0.39, 0.29) is 23.5 Å². The van der Waals surface area contributed by atoms with E-state index in [1.807, 2.05) is 0 Å². The first kappa shape index (κ1) is 13.3. The van der Waals surface area contributed by atoms with Crippen molar-refractivity contribution in [1.29, 1.82) is 0 Å². The largest absolute Gasteiger partial charge is 0.394 e. The van der Waals surface area contributed by atoms with Crippen LogP contribution in [0, 0.1) is 0 Å². The van der Waals surface area contributed by atoms with Crippen molar-refractivity contribution in [2.75, 3.05) is 6.61 Å². The second-order valence-corrected chi connectivity index (χ2v) is 5.15. The van der Waals surface area contributed by atoms with Crippen LogP contribution in [0.4, 0.5) is 0 Å². The summed E-state index contributed by atoms with van der Waals surface area (Å²) < 4.78 is 8.49. The summed E-state index contributed by atoms with van der Waals surface area (Å²) in [6, 6.07) is 1.64. The van der Waals surface area contributed by atoms with Gasteiger partial charge >= 0.3 is 0 Å². The minimum absolute atomic E-state index is 0.205. The Labute approximate surface area is 123 Å². The molecule has 114 valence electrons. The lowest BCUT2D eigenvalue weighted by molar-refractivity contribution is -0.0432. The molecule has 22 heavy (non-hydrogen) atoms. The van der Waals surface area contributed by atoms with Gasteiger partial charge in [0, 0.05) is 18.8 Å². The second-order valence-electron chi connectivity index (χ2n) is 5.15. The number of ether oxygens (including phenoxy) is 1. The Bertz CT molecular complexity index is 904. The molecule has 2 N–H and O–H groups in total. The lowest BCUT2D eigenvalue weighted by Crippen LogP contribution is -2.24. The SMILES string of the molecule is O=c1c2ncn(C3CC(O)C(CO)O3)c2nc2ncccn12. The van der Waals surface area contributed by atoms with Crippen LogP contribution in [-0.2, 0) is 4.74 Å². The fourth-order valence-electron chi connectivity index (χ4n) is 2.69. The monoisotopic (exact) mass is 303 g/mol. The Morgan fingerprint density at radius 1 is 1.41 bits per heavy atom. The molecular formula is C13H13N5O4. The minimum atomic E-state index is -0.771. The number of rotatable bonds is 2. The van der Waals surface area contributed by atoms with Crippen LogP contribution in [-0.4, -0.2) is 52.9 Å². The third kappa shape index (κ3) is 1.83. The number of aliphatic hydroxyl groups excluding tert-OH is 2. The molecule has 0 amide bonds. The van der Waals surface area contributed by atoms with Crippen molar-refractivity contribution in [3.05, 3.63) is 35.1 Å². The molecule has 9 nitrogen and oxygen atoms in total. The topological polar surface area (TPSA) is 115 Å². The maximum Gasteiger partial charge on any atom is 0.287 e. The predicted octanol–water partition coefficient (Wildman–Crippen LogP) is -0.920. The molecule has 3 unspecified atom stereocenters. The number of hydrogen-bond acceptors (Lipinski definition) is 7. The van der Waals surface area contributed by atoms with E-state index in [1.165, 1.54) is 10.7 Å².